The summed E-state index contributed by atoms with van der Waals surface area (Å²) in [6, 6.07) is 17.6. The van der Waals surface area contributed by atoms with Crippen LogP contribution in [0.1, 0.15) is 38.5 Å². The summed E-state index contributed by atoms with van der Waals surface area (Å²) in [5, 5.41) is 1.14. The van der Waals surface area contributed by atoms with Crippen molar-refractivity contribution in [3.8, 4) is 0 Å². The summed E-state index contributed by atoms with van der Waals surface area (Å²) in [5.41, 5.74) is 2.74. The van der Waals surface area contributed by atoms with Crippen LogP contribution in [-0.4, -0.2) is 11.9 Å². The molecule has 3 rings (SSSR count). The SMILES string of the molecule is BrCCCCCCCCN1c2ccccc2Sc2ccccc21. The number of unbranched alkanes of at least 4 members (excludes halogenated alkanes) is 5. The number of nitrogens with zero attached hydrogens (tertiary/aromatic N) is 1. The maximum Gasteiger partial charge on any atom is 0.0552 e. The second kappa shape index (κ2) is 8.79. The number of anilines is 2. The van der Waals surface area contributed by atoms with Crippen molar-refractivity contribution in [1.82, 2.24) is 0 Å². The molecule has 0 unspecified atom stereocenters. The zero-order valence-electron chi connectivity index (χ0n) is 13.5. The van der Waals surface area contributed by atoms with Crippen molar-refractivity contribution in [3.05, 3.63) is 48.5 Å². The topological polar surface area (TPSA) is 3.24 Å². The minimum absolute atomic E-state index is 1.12. The Kier molecular flexibility index (Phi) is 6.46. The Balaban J connectivity index is 1.62. The number of hydrogen-bond acceptors (Lipinski definition) is 2. The molecule has 1 nitrogen and oxygen atoms in total. The van der Waals surface area contributed by atoms with E-state index in [0.717, 1.165) is 11.9 Å². The molecule has 1 aliphatic heterocycles. The van der Waals surface area contributed by atoms with E-state index < -0.39 is 0 Å². The summed E-state index contributed by atoms with van der Waals surface area (Å²) >= 11 is 5.40. The number of alkyl halides is 1. The van der Waals surface area contributed by atoms with Gasteiger partial charge < -0.3 is 4.90 Å². The first kappa shape index (κ1) is 16.9. The number of para-hydroxylation sites is 2. The molecule has 0 N–H and O–H groups in total. The molecule has 0 atom stereocenters. The molecule has 1 aliphatic rings. The normalized spacial score (nSPS) is 12.8. The van der Waals surface area contributed by atoms with E-state index >= 15 is 0 Å². The van der Waals surface area contributed by atoms with Crippen LogP contribution in [0, 0.1) is 0 Å². The molecular weight excluding hydrogens is 366 g/mol. The first-order valence-corrected chi connectivity index (χ1v) is 10.5. The molecule has 23 heavy (non-hydrogen) atoms. The minimum atomic E-state index is 1.12. The lowest BCUT2D eigenvalue weighted by atomic mass is 10.1. The molecule has 3 heteroatoms. The predicted octanol–water partition coefficient (Wildman–Crippen LogP) is 7.02. The van der Waals surface area contributed by atoms with Crippen LogP contribution in [-0.2, 0) is 0 Å². The third-order valence-corrected chi connectivity index (χ3v) is 5.99. The monoisotopic (exact) mass is 389 g/mol. The summed E-state index contributed by atoms with van der Waals surface area (Å²) in [6.07, 6.45) is 7.99. The molecule has 0 aliphatic carbocycles. The zero-order valence-corrected chi connectivity index (χ0v) is 15.9. The Labute approximate surface area is 152 Å². The molecule has 0 saturated heterocycles. The van der Waals surface area contributed by atoms with Gasteiger partial charge in [-0.3, -0.25) is 0 Å². The molecule has 0 fully saturated rings. The van der Waals surface area contributed by atoms with Gasteiger partial charge in [-0.15, -0.1) is 0 Å². The van der Waals surface area contributed by atoms with Crippen molar-refractivity contribution in [2.75, 3.05) is 16.8 Å². The maximum absolute atomic E-state index is 3.51. The van der Waals surface area contributed by atoms with Crippen molar-refractivity contribution < 1.29 is 0 Å². The molecule has 0 spiro atoms. The summed E-state index contributed by atoms with van der Waals surface area (Å²) < 4.78 is 0. The zero-order chi connectivity index (χ0) is 15.9. The molecule has 0 bridgehead atoms. The van der Waals surface area contributed by atoms with E-state index in [2.05, 4.69) is 69.4 Å². The van der Waals surface area contributed by atoms with Crippen LogP contribution in [0.25, 0.3) is 0 Å². The van der Waals surface area contributed by atoms with Crippen LogP contribution in [0.5, 0.6) is 0 Å². The Morgan fingerprint density at radius 1 is 0.696 bits per heavy atom. The minimum Gasteiger partial charge on any atom is -0.340 e. The predicted molar refractivity (Wildman–Crippen MR) is 106 cm³/mol. The highest BCUT2D eigenvalue weighted by atomic mass is 79.9. The lowest BCUT2D eigenvalue weighted by Gasteiger charge is -2.32. The van der Waals surface area contributed by atoms with Crippen LogP contribution in [0.2, 0.25) is 0 Å². The van der Waals surface area contributed by atoms with Crippen molar-refractivity contribution in [2.45, 2.75) is 48.3 Å². The van der Waals surface area contributed by atoms with E-state index in [1.807, 2.05) is 11.8 Å². The fraction of sp³-hybridized carbons (Fsp3) is 0.400. The Bertz CT molecular complexity index is 583. The number of rotatable bonds is 8. The van der Waals surface area contributed by atoms with E-state index in [1.54, 1.807) is 0 Å². The lowest BCUT2D eigenvalue weighted by Crippen LogP contribution is -2.21. The van der Waals surface area contributed by atoms with Crippen LogP contribution >= 0.6 is 27.7 Å². The average Bonchev–Trinajstić information content (AvgIpc) is 2.60. The van der Waals surface area contributed by atoms with Gasteiger partial charge in [0.15, 0.2) is 0 Å². The van der Waals surface area contributed by atoms with Crippen LogP contribution < -0.4 is 4.90 Å². The molecule has 2 aromatic rings. The molecule has 0 aromatic heterocycles. The van der Waals surface area contributed by atoms with E-state index in [4.69, 9.17) is 0 Å². The van der Waals surface area contributed by atoms with Crippen LogP contribution in [0.4, 0.5) is 11.4 Å². The Morgan fingerprint density at radius 3 is 1.83 bits per heavy atom. The third-order valence-electron chi connectivity index (χ3n) is 4.30. The third kappa shape index (κ3) is 4.33. The van der Waals surface area contributed by atoms with Gasteiger partial charge in [-0.05, 0) is 37.1 Å². The van der Waals surface area contributed by atoms with Crippen molar-refractivity contribution in [1.29, 1.82) is 0 Å². The molecule has 0 radical (unpaired) electrons. The quantitative estimate of drug-likeness (QED) is 0.352. The van der Waals surface area contributed by atoms with Gasteiger partial charge in [-0.2, -0.15) is 0 Å². The van der Waals surface area contributed by atoms with Gasteiger partial charge in [0.1, 0.15) is 0 Å². The van der Waals surface area contributed by atoms with Gasteiger partial charge in [-0.25, -0.2) is 0 Å². The second-order valence-corrected chi connectivity index (χ2v) is 7.88. The Hall–Kier alpha value is -0.930. The number of hydrogen-bond donors (Lipinski definition) is 0. The number of benzene rings is 2. The fourth-order valence-corrected chi connectivity index (χ4v) is 4.59. The highest BCUT2D eigenvalue weighted by Crippen LogP contribution is 2.47. The number of halogens is 1. The summed E-state index contributed by atoms with van der Waals surface area (Å²) in [5.74, 6) is 0. The van der Waals surface area contributed by atoms with E-state index in [0.29, 0.717) is 0 Å². The van der Waals surface area contributed by atoms with E-state index in [-0.39, 0.29) is 0 Å². The number of fused-ring (bicyclic) bond motifs is 2. The largest absolute Gasteiger partial charge is 0.340 e. The van der Waals surface area contributed by atoms with Gasteiger partial charge in [-0.1, -0.05) is 77.6 Å². The summed E-state index contributed by atoms with van der Waals surface area (Å²) in [7, 11) is 0. The highest BCUT2D eigenvalue weighted by molar-refractivity contribution is 9.09. The van der Waals surface area contributed by atoms with Crippen molar-refractivity contribution in [2.24, 2.45) is 0 Å². The van der Waals surface area contributed by atoms with Crippen molar-refractivity contribution in [3.63, 3.8) is 0 Å². The van der Waals surface area contributed by atoms with Crippen LogP contribution in [0.15, 0.2) is 58.3 Å². The molecule has 0 amide bonds. The van der Waals surface area contributed by atoms with E-state index in [1.165, 1.54) is 59.7 Å². The van der Waals surface area contributed by atoms with Gasteiger partial charge >= 0.3 is 0 Å². The maximum atomic E-state index is 3.51. The highest BCUT2D eigenvalue weighted by Gasteiger charge is 2.21. The standard InChI is InChI=1S/C20H24BrNS/c21-15-9-3-1-2-4-10-16-22-17-11-5-7-13-19(17)23-20-14-8-6-12-18(20)22/h5-8,11-14H,1-4,9-10,15-16H2. The summed E-state index contributed by atoms with van der Waals surface area (Å²) in [6.45, 7) is 1.12. The second-order valence-electron chi connectivity index (χ2n) is 6.00. The average molecular weight is 390 g/mol. The lowest BCUT2D eigenvalue weighted by molar-refractivity contribution is 0.611. The molecule has 0 saturated carbocycles. The first-order chi connectivity index (χ1) is 11.4. The van der Waals surface area contributed by atoms with Gasteiger partial charge in [0, 0.05) is 21.7 Å². The molecular formula is C20H24BrNS. The van der Waals surface area contributed by atoms with Gasteiger partial charge in [0.05, 0.1) is 11.4 Å². The molecule has 122 valence electrons. The smallest absolute Gasteiger partial charge is 0.0552 e. The van der Waals surface area contributed by atoms with Crippen LogP contribution in [0.3, 0.4) is 0 Å². The van der Waals surface area contributed by atoms with Crippen molar-refractivity contribution >= 4 is 39.1 Å². The Morgan fingerprint density at radius 2 is 1.22 bits per heavy atom. The van der Waals surface area contributed by atoms with Gasteiger partial charge in [0.2, 0.25) is 0 Å². The first-order valence-electron chi connectivity index (χ1n) is 8.59. The summed E-state index contributed by atoms with van der Waals surface area (Å²) in [4.78, 5) is 5.27. The molecule has 1 heterocycles. The van der Waals surface area contributed by atoms with E-state index in [9.17, 15) is 0 Å². The van der Waals surface area contributed by atoms with Gasteiger partial charge in [0.25, 0.3) is 0 Å². The fourth-order valence-electron chi connectivity index (χ4n) is 3.09. The molecule has 2 aromatic carbocycles.